The van der Waals surface area contributed by atoms with Crippen molar-refractivity contribution in [3.63, 3.8) is 0 Å². The number of nitrogens with zero attached hydrogens (tertiary/aromatic N) is 2. The highest BCUT2D eigenvalue weighted by atomic mass is 32.1. The van der Waals surface area contributed by atoms with Crippen LogP contribution in [0.1, 0.15) is 33.5 Å². The second kappa shape index (κ2) is 7.81. The fourth-order valence-electron chi connectivity index (χ4n) is 4.82. The maximum Gasteiger partial charge on any atom is 0.409 e. The Morgan fingerprint density at radius 2 is 1.74 bits per heavy atom. The molecule has 2 aromatic carbocycles. The van der Waals surface area contributed by atoms with Crippen LogP contribution in [0.4, 0.5) is 4.79 Å². The third kappa shape index (κ3) is 3.39. The van der Waals surface area contributed by atoms with Crippen LogP contribution in [0.15, 0.2) is 54.0 Å². The molecule has 1 amide bonds. The number of carbonyl (C=O) groups is 2. The number of carboxylic acid groups (broad SMARTS) is 1. The number of hydrogen-bond donors (Lipinski definition) is 1. The third-order valence-electron chi connectivity index (χ3n) is 6.35. The fourth-order valence-corrected chi connectivity index (χ4v) is 5.78. The normalized spacial score (nSPS) is 19.8. The van der Waals surface area contributed by atoms with Crippen molar-refractivity contribution >= 4 is 23.4 Å². The molecule has 3 aromatic rings. The summed E-state index contributed by atoms with van der Waals surface area (Å²) < 4.78 is 5.73. The van der Waals surface area contributed by atoms with E-state index in [1.807, 2.05) is 31.2 Å². The first-order valence-corrected chi connectivity index (χ1v) is 11.1. The zero-order valence-electron chi connectivity index (χ0n) is 17.0. The molecule has 31 heavy (non-hydrogen) atoms. The van der Waals surface area contributed by atoms with Gasteiger partial charge in [-0.3, -0.25) is 4.79 Å². The van der Waals surface area contributed by atoms with Crippen molar-refractivity contribution in [1.82, 2.24) is 9.88 Å². The van der Waals surface area contributed by atoms with Crippen molar-refractivity contribution in [3.05, 3.63) is 75.7 Å². The fraction of sp³-hybridized carbons (Fsp3) is 0.292. The molecule has 1 aromatic heterocycles. The number of rotatable bonds is 4. The van der Waals surface area contributed by atoms with Crippen molar-refractivity contribution < 1.29 is 19.4 Å². The Morgan fingerprint density at radius 3 is 2.32 bits per heavy atom. The van der Waals surface area contributed by atoms with Gasteiger partial charge in [-0.15, -0.1) is 11.3 Å². The highest BCUT2D eigenvalue weighted by Crippen LogP contribution is 2.44. The maximum absolute atomic E-state index is 12.9. The number of aliphatic carboxylic acids is 1. The second-order valence-electron chi connectivity index (χ2n) is 8.06. The Balaban J connectivity index is 1.32. The molecule has 0 radical (unpaired) electrons. The minimum atomic E-state index is -0.897. The van der Waals surface area contributed by atoms with E-state index in [1.165, 1.54) is 27.4 Å². The minimum Gasteiger partial charge on any atom is -0.481 e. The van der Waals surface area contributed by atoms with Gasteiger partial charge in [0.1, 0.15) is 6.61 Å². The molecule has 1 N–H and O–H groups in total. The van der Waals surface area contributed by atoms with Crippen molar-refractivity contribution in [2.75, 3.05) is 19.7 Å². The molecule has 0 saturated carbocycles. The SMILES string of the molecule is Cc1ncsc1C1CN(C(=O)OCC2c3ccccc3-c3ccccc32)CC1C(=O)O. The molecule has 0 spiro atoms. The summed E-state index contributed by atoms with van der Waals surface area (Å²) in [6.45, 7) is 2.58. The molecular formula is C24H22N2O4S. The van der Waals surface area contributed by atoms with Crippen LogP contribution in [-0.2, 0) is 9.53 Å². The average Bonchev–Trinajstić information content (AvgIpc) is 3.47. The topological polar surface area (TPSA) is 79.7 Å². The number of aromatic nitrogens is 1. The summed E-state index contributed by atoms with van der Waals surface area (Å²) in [5.74, 6) is -1.83. The number of hydrogen-bond acceptors (Lipinski definition) is 5. The summed E-state index contributed by atoms with van der Waals surface area (Å²) in [4.78, 5) is 31.4. The predicted molar refractivity (Wildman–Crippen MR) is 117 cm³/mol. The zero-order chi connectivity index (χ0) is 21.5. The summed E-state index contributed by atoms with van der Waals surface area (Å²) in [7, 11) is 0. The van der Waals surface area contributed by atoms with Crippen molar-refractivity contribution in [3.8, 4) is 11.1 Å². The number of thiazole rings is 1. The minimum absolute atomic E-state index is 0.0197. The van der Waals surface area contributed by atoms with E-state index in [4.69, 9.17) is 4.74 Å². The lowest BCUT2D eigenvalue weighted by molar-refractivity contribution is -0.141. The summed E-state index contributed by atoms with van der Waals surface area (Å²) >= 11 is 1.45. The number of likely N-dealkylation sites (tertiary alicyclic amines) is 1. The highest BCUT2D eigenvalue weighted by Gasteiger charge is 2.42. The van der Waals surface area contributed by atoms with Gasteiger partial charge in [0.2, 0.25) is 0 Å². The van der Waals surface area contributed by atoms with Crippen LogP contribution < -0.4 is 0 Å². The molecule has 158 valence electrons. The van der Waals surface area contributed by atoms with Crippen molar-refractivity contribution in [2.45, 2.75) is 18.8 Å². The van der Waals surface area contributed by atoms with E-state index in [9.17, 15) is 14.7 Å². The van der Waals surface area contributed by atoms with E-state index in [0.29, 0.717) is 6.54 Å². The Morgan fingerprint density at radius 1 is 1.10 bits per heavy atom. The number of carboxylic acids is 1. The largest absolute Gasteiger partial charge is 0.481 e. The second-order valence-corrected chi connectivity index (χ2v) is 8.95. The van der Waals surface area contributed by atoms with Crippen LogP contribution in [0, 0.1) is 12.8 Å². The van der Waals surface area contributed by atoms with Crippen LogP contribution in [0.25, 0.3) is 11.1 Å². The molecular weight excluding hydrogens is 412 g/mol. The monoisotopic (exact) mass is 434 g/mol. The highest BCUT2D eigenvalue weighted by molar-refractivity contribution is 7.09. The van der Waals surface area contributed by atoms with Crippen molar-refractivity contribution in [1.29, 1.82) is 0 Å². The van der Waals surface area contributed by atoms with Gasteiger partial charge in [-0.25, -0.2) is 9.78 Å². The molecule has 5 rings (SSSR count). The van der Waals surface area contributed by atoms with Gasteiger partial charge in [0.25, 0.3) is 0 Å². The molecule has 7 heteroatoms. The van der Waals surface area contributed by atoms with Crippen LogP contribution in [-0.4, -0.2) is 46.7 Å². The van der Waals surface area contributed by atoms with Gasteiger partial charge < -0.3 is 14.7 Å². The first-order chi connectivity index (χ1) is 15.0. The summed E-state index contributed by atoms with van der Waals surface area (Å²) in [6.07, 6.45) is -0.460. The summed E-state index contributed by atoms with van der Waals surface area (Å²) in [6, 6.07) is 16.4. The Labute approximate surface area is 184 Å². The van der Waals surface area contributed by atoms with Crippen molar-refractivity contribution in [2.24, 2.45) is 5.92 Å². The van der Waals surface area contributed by atoms with E-state index < -0.39 is 18.0 Å². The molecule has 1 fully saturated rings. The Hall–Kier alpha value is -3.19. The van der Waals surface area contributed by atoms with Gasteiger partial charge in [0.05, 0.1) is 17.1 Å². The van der Waals surface area contributed by atoms with Gasteiger partial charge in [-0.2, -0.15) is 0 Å². The van der Waals surface area contributed by atoms with E-state index in [2.05, 4.69) is 29.2 Å². The molecule has 1 saturated heterocycles. The zero-order valence-corrected chi connectivity index (χ0v) is 17.8. The first kappa shape index (κ1) is 19.8. The molecule has 2 atom stereocenters. The van der Waals surface area contributed by atoms with Crippen LogP contribution in [0.2, 0.25) is 0 Å². The lowest BCUT2D eigenvalue weighted by Gasteiger charge is -2.19. The lowest BCUT2D eigenvalue weighted by Crippen LogP contribution is -2.31. The van der Waals surface area contributed by atoms with E-state index in [1.54, 1.807) is 5.51 Å². The van der Waals surface area contributed by atoms with Gasteiger partial charge in [0.15, 0.2) is 0 Å². The third-order valence-corrected chi connectivity index (χ3v) is 7.41. The van der Waals surface area contributed by atoms with E-state index in [0.717, 1.165) is 21.7 Å². The van der Waals surface area contributed by atoms with Crippen LogP contribution in [0.3, 0.4) is 0 Å². The number of ether oxygens (including phenoxy) is 1. The molecule has 2 unspecified atom stereocenters. The molecule has 2 heterocycles. The quantitative estimate of drug-likeness (QED) is 0.654. The Bertz CT molecular complexity index is 1110. The molecule has 0 bridgehead atoms. The van der Waals surface area contributed by atoms with Crippen LogP contribution >= 0.6 is 11.3 Å². The molecule has 1 aliphatic carbocycles. The standard InChI is InChI=1S/C24H22N2O4S/c1-14-22(31-13-25-14)19-10-26(11-20(19)23(27)28)24(29)30-12-21-17-8-4-2-6-15(17)16-7-3-5-9-18(16)21/h2-9,13,19-21H,10-12H2,1H3,(H,27,28). The van der Waals surface area contributed by atoms with Gasteiger partial charge in [0, 0.05) is 29.8 Å². The number of aryl methyl sites for hydroxylation is 1. The lowest BCUT2D eigenvalue weighted by atomic mass is 9.94. The molecule has 6 nitrogen and oxygen atoms in total. The van der Waals surface area contributed by atoms with Gasteiger partial charge in [-0.05, 0) is 29.2 Å². The average molecular weight is 435 g/mol. The molecule has 1 aliphatic heterocycles. The summed E-state index contributed by atoms with van der Waals surface area (Å²) in [5.41, 5.74) is 7.20. The van der Waals surface area contributed by atoms with Gasteiger partial charge >= 0.3 is 12.1 Å². The number of amides is 1. The van der Waals surface area contributed by atoms with E-state index >= 15 is 0 Å². The van der Waals surface area contributed by atoms with Gasteiger partial charge in [-0.1, -0.05) is 48.5 Å². The smallest absolute Gasteiger partial charge is 0.409 e. The molecule has 2 aliphatic rings. The predicted octanol–water partition coefficient (Wildman–Crippen LogP) is 4.50. The first-order valence-electron chi connectivity index (χ1n) is 10.3. The van der Waals surface area contributed by atoms with E-state index in [-0.39, 0.29) is 25.0 Å². The van der Waals surface area contributed by atoms with Crippen LogP contribution in [0.5, 0.6) is 0 Å². The summed E-state index contributed by atoms with van der Waals surface area (Å²) in [5, 5.41) is 9.70. The maximum atomic E-state index is 12.9. The number of carbonyl (C=O) groups excluding carboxylic acids is 1. The number of benzene rings is 2. The number of fused-ring (bicyclic) bond motifs is 3. The Kier molecular flexibility index (Phi) is 4.98.